The maximum atomic E-state index is 13.6. The van der Waals surface area contributed by atoms with E-state index in [-0.39, 0.29) is 15.5 Å². The Morgan fingerprint density at radius 3 is 2.28 bits per heavy atom. The molecule has 0 N–H and O–H groups in total. The van der Waals surface area contributed by atoms with Crippen LogP contribution in [0, 0.1) is 23.8 Å². The molecule has 146 valence electrons. The first kappa shape index (κ1) is 20.6. The SMILES string of the molecule is C#Cn1c(C(=O)CC#N)c(S(=O)(=O)c2ccc([Si](C)(C)C)cc2)c2ccccc21. The number of sulfone groups is 1. The maximum absolute atomic E-state index is 13.6. The van der Waals surface area contributed by atoms with Crippen molar-refractivity contribution in [1.29, 1.82) is 5.26 Å². The van der Waals surface area contributed by atoms with Gasteiger partial charge in [0.2, 0.25) is 9.84 Å². The summed E-state index contributed by atoms with van der Waals surface area (Å²) in [6, 6.07) is 17.7. The molecular formula is C22H20N2O3SSi. The van der Waals surface area contributed by atoms with Gasteiger partial charge in [0.05, 0.1) is 24.6 Å². The van der Waals surface area contributed by atoms with Crippen LogP contribution < -0.4 is 5.19 Å². The average Bonchev–Trinajstić information content (AvgIpc) is 3.03. The number of hydrogen-bond donors (Lipinski definition) is 0. The van der Waals surface area contributed by atoms with E-state index in [1.54, 1.807) is 42.5 Å². The molecule has 0 bridgehead atoms. The monoisotopic (exact) mass is 420 g/mol. The van der Waals surface area contributed by atoms with Crippen molar-refractivity contribution in [3.05, 3.63) is 54.2 Å². The summed E-state index contributed by atoms with van der Waals surface area (Å²) in [4.78, 5) is 12.6. The van der Waals surface area contributed by atoms with Crippen LogP contribution >= 0.6 is 0 Å². The van der Waals surface area contributed by atoms with Gasteiger partial charge in [-0.15, -0.1) is 0 Å². The standard InChI is InChI=1S/C22H20N2O3SSi/c1-5-24-19-9-7-6-8-18(19)22(21(24)20(25)14-15-23)28(26,27)16-10-12-17(13-11-16)29(2,3)4/h1,6-13H,14H2,2-4H3. The van der Waals surface area contributed by atoms with Crippen molar-refractivity contribution in [2.24, 2.45) is 0 Å². The van der Waals surface area contributed by atoms with E-state index in [4.69, 9.17) is 11.7 Å². The molecule has 0 saturated carbocycles. The Labute approximate surface area is 171 Å². The lowest BCUT2D eigenvalue weighted by atomic mass is 10.2. The second kappa shape index (κ2) is 7.36. The fourth-order valence-electron chi connectivity index (χ4n) is 3.28. The van der Waals surface area contributed by atoms with E-state index in [0.717, 1.165) is 5.19 Å². The van der Waals surface area contributed by atoms with Gasteiger partial charge in [-0.3, -0.25) is 9.36 Å². The van der Waals surface area contributed by atoms with Gasteiger partial charge in [-0.2, -0.15) is 5.26 Å². The molecule has 0 spiro atoms. The van der Waals surface area contributed by atoms with Gasteiger partial charge in [0, 0.05) is 11.4 Å². The van der Waals surface area contributed by atoms with Crippen LogP contribution in [0.25, 0.3) is 10.9 Å². The number of terminal acetylenes is 1. The van der Waals surface area contributed by atoms with Crippen molar-refractivity contribution in [1.82, 2.24) is 4.57 Å². The summed E-state index contributed by atoms with van der Waals surface area (Å²) in [6.07, 6.45) is 5.14. The minimum atomic E-state index is -4.04. The number of nitrogens with zero attached hydrogens (tertiary/aromatic N) is 2. The zero-order valence-corrected chi connectivity index (χ0v) is 18.2. The molecule has 0 aliphatic rings. The molecule has 0 atom stereocenters. The second-order valence-electron chi connectivity index (χ2n) is 7.70. The zero-order valence-electron chi connectivity index (χ0n) is 16.4. The van der Waals surface area contributed by atoms with Crippen LogP contribution in [0.1, 0.15) is 16.9 Å². The van der Waals surface area contributed by atoms with E-state index in [1.807, 2.05) is 12.1 Å². The van der Waals surface area contributed by atoms with E-state index in [9.17, 15) is 13.2 Å². The Morgan fingerprint density at radius 2 is 1.72 bits per heavy atom. The van der Waals surface area contributed by atoms with Crippen molar-refractivity contribution in [2.45, 2.75) is 35.9 Å². The lowest BCUT2D eigenvalue weighted by Gasteiger charge is -2.17. The van der Waals surface area contributed by atoms with Crippen molar-refractivity contribution < 1.29 is 13.2 Å². The fourth-order valence-corrected chi connectivity index (χ4v) is 6.09. The van der Waals surface area contributed by atoms with Crippen LogP contribution in [-0.2, 0) is 9.84 Å². The Balaban J connectivity index is 2.34. The summed E-state index contributed by atoms with van der Waals surface area (Å²) < 4.78 is 28.3. The first-order valence-corrected chi connectivity index (χ1v) is 14.0. The number of carbonyl (C=O) groups excluding carboxylic acids is 1. The summed E-state index contributed by atoms with van der Waals surface area (Å²) in [6.45, 7) is 6.53. The van der Waals surface area contributed by atoms with Crippen molar-refractivity contribution >= 4 is 39.8 Å². The minimum Gasteiger partial charge on any atom is -0.291 e. The summed E-state index contributed by atoms with van der Waals surface area (Å²) in [7, 11) is -5.64. The molecule has 3 aromatic rings. The van der Waals surface area contributed by atoms with Gasteiger partial charge >= 0.3 is 0 Å². The predicted molar refractivity (Wildman–Crippen MR) is 116 cm³/mol. The highest BCUT2D eigenvalue weighted by atomic mass is 32.2. The molecule has 0 aliphatic carbocycles. The predicted octanol–water partition coefficient (Wildman–Crippen LogP) is 3.55. The van der Waals surface area contributed by atoms with Gasteiger partial charge in [-0.25, -0.2) is 8.42 Å². The Morgan fingerprint density at radius 1 is 1.10 bits per heavy atom. The van der Waals surface area contributed by atoms with Crippen LogP contribution in [-0.4, -0.2) is 26.8 Å². The van der Waals surface area contributed by atoms with Crippen LogP contribution in [0.2, 0.25) is 19.6 Å². The number of rotatable bonds is 5. The first-order valence-electron chi connectivity index (χ1n) is 8.98. The number of carbonyl (C=O) groups is 1. The van der Waals surface area contributed by atoms with E-state index in [1.165, 1.54) is 4.57 Å². The van der Waals surface area contributed by atoms with Gasteiger partial charge < -0.3 is 0 Å². The highest BCUT2D eigenvalue weighted by Gasteiger charge is 2.32. The highest BCUT2D eigenvalue weighted by molar-refractivity contribution is 7.91. The summed E-state index contributed by atoms with van der Waals surface area (Å²) in [5, 5.41) is 10.5. The third-order valence-corrected chi connectivity index (χ3v) is 8.67. The molecule has 0 saturated heterocycles. The molecule has 0 unspecified atom stereocenters. The van der Waals surface area contributed by atoms with Crippen molar-refractivity contribution in [3.63, 3.8) is 0 Å². The van der Waals surface area contributed by atoms with Crippen LogP contribution in [0.5, 0.6) is 0 Å². The Kier molecular flexibility index (Phi) is 5.23. The van der Waals surface area contributed by atoms with Gasteiger partial charge in [-0.1, -0.05) is 61.6 Å². The third-order valence-electron chi connectivity index (χ3n) is 4.76. The number of fused-ring (bicyclic) bond motifs is 1. The van der Waals surface area contributed by atoms with Gasteiger partial charge in [0.15, 0.2) is 5.78 Å². The van der Waals surface area contributed by atoms with Gasteiger partial charge in [0.25, 0.3) is 0 Å². The van der Waals surface area contributed by atoms with Crippen molar-refractivity contribution in [2.75, 3.05) is 0 Å². The summed E-state index contributed by atoms with van der Waals surface area (Å²) in [5.74, 6) is -0.626. The quantitative estimate of drug-likeness (QED) is 0.359. The molecule has 1 heterocycles. The van der Waals surface area contributed by atoms with Crippen LogP contribution in [0.4, 0.5) is 0 Å². The molecule has 2 aromatic carbocycles. The molecule has 7 heteroatoms. The Hall–Kier alpha value is -3.13. The molecule has 0 aliphatic heterocycles. The van der Waals surface area contributed by atoms with E-state index in [0.29, 0.717) is 10.9 Å². The van der Waals surface area contributed by atoms with E-state index in [2.05, 4.69) is 25.7 Å². The normalized spacial score (nSPS) is 11.8. The van der Waals surface area contributed by atoms with E-state index < -0.39 is 30.1 Å². The molecule has 29 heavy (non-hydrogen) atoms. The number of para-hydroxylation sites is 1. The molecule has 0 fully saturated rings. The lowest BCUT2D eigenvalue weighted by molar-refractivity contribution is 0.0988. The van der Waals surface area contributed by atoms with Gasteiger partial charge in [0.1, 0.15) is 17.0 Å². The largest absolute Gasteiger partial charge is 0.291 e. The number of benzene rings is 2. The molecule has 5 nitrogen and oxygen atoms in total. The third kappa shape index (κ3) is 3.51. The number of nitriles is 1. The summed E-state index contributed by atoms with van der Waals surface area (Å²) in [5.41, 5.74) is 0.290. The molecular weight excluding hydrogens is 400 g/mol. The summed E-state index contributed by atoms with van der Waals surface area (Å²) >= 11 is 0. The van der Waals surface area contributed by atoms with Crippen molar-refractivity contribution in [3.8, 4) is 18.5 Å². The molecule has 0 radical (unpaired) electrons. The maximum Gasteiger partial charge on any atom is 0.209 e. The highest BCUT2D eigenvalue weighted by Crippen LogP contribution is 2.34. The first-order chi connectivity index (χ1) is 13.6. The minimum absolute atomic E-state index is 0.0884. The average molecular weight is 421 g/mol. The second-order valence-corrected chi connectivity index (χ2v) is 14.7. The Bertz CT molecular complexity index is 1300. The number of Topliss-reactive ketones (excluding diaryl/α,β-unsaturated/α-hetero) is 1. The fraction of sp³-hybridized carbons (Fsp3) is 0.182. The smallest absolute Gasteiger partial charge is 0.209 e. The molecule has 0 amide bonds. The lowest BCUT2D eigenvalue weighted by Crippen LogP contribution is -2.37. The van der Waals surface area contributed by atoms with Gasteiger partial charge in [-0.05, 0) is 18.2 Å². The topological polar surface area (TPSA) is 79.9 Å². The number of hydrogen-bond acceptors (Lipinski definition) is 4. The number of ketones is 1. The zero-order chi connectivity index (χ0) is 21.4. The van der Waals surface area contributed by atoms with E-state index >= 15 is 0 Å². The van der Waals surface area contributed by atoms with Crippen LogP contribution in [0.15, 0.2) is 58.3 Å². The molecule has 1 aromatic heterocycles. The van der Waals surface area contributed by atoms with Crippen LogP contribution in [0.3, 0.4) is 0 Å². The molecule has 3 rings (SSSR count). The number of aromatic nitrogens is 1.